The first kappa shape index (κ1) is 28.9. The van der Waals surface area contributed by atoms with Crippen molar-refractivity contribution in [1.29, 1.82) is 0 Å². The predicted octanol–water partition coefficient (Wildman–Crippen LogP) is 6.43. The van der Waals surface area contributed by atoms with E-state index < -0.39 is 15.9 Å². The summed E-state index contributed by atoms with van der Waals surface area (Å²) in [5.41, 5.74) is 3.01. The Morgan fingerprint density at radius 3 is 2.17 bits per heavy atom. The Hall–Kier alpha value is -4.14. The molecule has 206 valence electrons. The third-order valence-corrected chi connectivity index (χ3v) is 8.16. The number of carbonyl (C=O) groups is 2. The van der Waals surface area contributed by atoms with Crippen molar-refractivity contribution < 1.29 is 18.0 Å². The van der Waals surface area contributed by atoms with Crippen LogP contribution in [0.15, 0.2) is 102 Å². The minimum Gasteiger partial charge on any atom is -0.350 e. The van der Waals surface area contributed by atoms with Gasteiger partial charge in [-0.15, -0.1) is 0 Å². The summed E-state index contributed by atoms with van der Waals surface area (Å²) in [6.07, 6.45) is 0. The van der Waals surface area contributed by atoms with E-state index in [1.54, 1.807) is 97.1 Å². The Morgan fingerprint density at radius 2 is 1.50 bits per heavy atom. The Balaban J connectivity index is 1.60. The molecule has 0 radical (unpaired) electrons. The first-order valence-corrected chi connectivity index (χ1v) is 14.5. The third kappa shape index (κ3) is 6.70. The zero-order valence-electron chi connectivity index (χ0n) is 22.4. The van der Waals surface area contributed by atoms with Gasteiger partial charge in [0.2, 0.25) is 0 Å². The summed E-state index contributed by atoms with van der Waals surface area (Å²) in [6, 6.07) is 26.7. The molecule has 4 aromatic carbocycles. The number of anilines is 2. The van der Waals surface area contributed by atoms with Crippen molar-refractivity contribution in [2.24, 2.45) is 0 Å². The van der Waals surface area contributed by atoms with Gasteiger partial charge in [-0.25, -0.2) is 8.42 Å². The lowest BCUT2D eigenvalue weighted by molar-refractivity contribution is 0.0944. The lowest BCUT2D eigenvalue weighted by Gasteiger charge is -2.26. The fraction of sp³-hybridized carbons (Fsp3) is 0.161. The third-order valence-electron chi connectivity index (χ3n) is 6.15. The molecule has 9 heteroatoms. The van der Waals surface area contributed by atoms with E-state index in [1.807, 2.05) is 20.8 Å². The van der Waals surface area contributed by atoms with E-state index in [0.717, 1.165) is 5.56 Å². The van der Waals surface area contributed by atoms with Crippen molar-refractivity contribution in [2.75, 3.05) is 9.62 Å². The van der Waals surface area contributed by atoms with Crippen LogP contribution in [0, 0.1) is 6.92 Å². The Kier molecular flexibility index (Phi) is 8.92. The summed E-state index contributed by atoms with van der Waals surface area (Å²) >= 11 is 6.25. The van der Waals surface area contributed by atoms with Gasteiger partial charge in [0.25, 0.3) is 21.8 Å². The highest BCUT2D eigenvalue weighted by Crippen LogP contribution is 2.31. The maximum atomic E-state index is 13.7. The van der Waals surface area contributed by atoms with E-state index >= 15 is 0 Å². The average Bonchev–Trinajstić information content (AvgIpc) is 2.93. The molecule has 0 aliphatic carbocycles. The Morgan fingerprint density at radius 1 is 0.850 bits per heavy atom. The minimum atomic E-state index is -3.92. The van der Waals surface area contributed by atoms with Crippen LogP contribution in [0.2, 0.25) is 5.02 Å². The molecule has 0 aliphatic rings. The highest BCUT2D eigenvalue weighted by Gasteiger charge is 2.26. The van der Waals surface area contributed by atoms with Crippen LogP contribution in [0.3, 0.4) is 0 Å². The number of hydrogen-bond donors (Lipinski definition) is 2. The summed E-state index contributed by atoms with van der Waals surface area (Å²) in [6.45, 7) is 5.57. The number of para-hydroxylation sites is 1. The van der Waals surface area contributed by atoms with E-state index in [1.165, 1.54) is 4.31 Å². The maximum Gasteiger partial charge on any atom is 0.264 e. The highest BCUT2D eigenvalue weighted by molar-refractivity contribution is 7.92. The summed E-state index contributed by atoms with van der Waals surface area (Å²) in [4.78, 5) is 25.7. The molecule has 0 saturated carbocycles. The van der Waals surface area contributed by atoms with Gasteiger partial charge in [-0.3, -0.25) is 13.9 Å². The molecule has 2 N–H and O–H groups in total. The van der Waals surface area contributed by atoms with Crippen molar-refractivity contribution in [3.63, 3.8) is 0 Å². The van der Waals surface area contributed by atoms with Gasteiger partial charge in [0.05, 0.1) is 28.4 Å². The number of nitrogens with one attached hydrogen (secondary N) is 2. The molecule has 0 heterocycles. The quantitative estimate of drug-likeness (QED) is 0.240. The number of halogens is 1. The molecule has 0 aliphatic heterocycles. The van der Waals surface area contributed by atoms with Crippen molar-refractivity contribution in [3.8, 4) is 0 Å². The van der Waals surface area contributed by atoms with Gasteiger partial charge in [-0.1, -0.05) is 60.1 Å². The number of hydrogen-bond acceptors (Lipinski definition) is 4. The van der Waals surface area contributed by atoms with Crippen molar-refractivity contribution in [1.82, 2.24) is 5.32 Å². The molecule has 40 heavy (non-hydrogen) atoms. The standard InChI is InChI=1S/C31H30ClN3O4S/c1-21(2)33-31(37)27-11-7-8-12-28(27)34-30(36)24-16-14-23(15-17-24)20-35(29-19-25(32)18-13-22(29)3)40(38,39)26-9-5-4-6-10-26/h4-19,21H,20H2,1-3H3,(H,33,37)(H,34,36). The molecular formula is C31H30ClN3O4S. The molecule has 0 saturated heterocycles. The van der Waals surface area contributed by atoms with E-state index in [2.05, 4.69) is 10.6 Å². The fourth-order valence-electron chi connectivity index (χ4n) is 4.12. The van der Waals surface area contributed by atoms with Crippen LogP contribution in [0.4, 0.5) is 11.4 Å². The molecule has 7 nitrogen and oxygen atoms in total. The summed E-state index contributed by atoms with van der Waals surface area (Å²) in [7, 11) is -3.92. The van der Waals surface area contributed by atoms with E-state index in [-0.39, 0.29) is 23.4 Å². The van der Waals surface area contributed by atoms with Crippen molar-refractivity contribution in [2.45, 2.75) is 38.3 Å². The minimum absolute atomic E-state index is 0.0263. The van der Waals surface area contributed by atoms with Crippen LogP contribution in [-0.2, 0) is 16.6 Å². The zero-order valence-corrected chi connectivity index (χ0v) is 24.0. The number of rotatable bonds is 9. The monoisotopic (exact) mass is 575 g/mol. The fourth-order valence-corrected chi connectivity index (χ4v) is 5.82. The van der Waals surface area contributed by atoms with Crippen LogP contribution >= 0.6 is 11.6 Å². The summed E-state index contributed by atoms with van der Waals surface area (Å²) in [5, 5.41) is 6.06. The number of amides is 2. The Bertz CT molecular complexity index is 1620. The van der Waals surface area contributed by atoms with Crippen molar-refractivity contribution in [3.05, 3.63) is 124 Å². The first-order valence-electron chi connectivity index (χ1n) is 12.7. The molecule has 4 aromatic rings. The van der Waals surface area contributed by atoms with E-state index in [4.69, 9.17) is 11.6 Å². The normalized spacial score (nSPS) is 11.2. The van der Waals surface area contributed by atoms with Crippen LogP contribution in [0.25, 0.3) is 0 Å². The van der Waals surface area contributed by atoms with E-state index in [0.29, 0.717) is 33.1 Å². The van der Waals surface area contributed by atoms with Gasteiger partial charge in [-0.2, -0.15) is 0 Å². The molecule has 0 spiro atoms. The number of sulfonamides is 1. The second-order valence-electron chi connectivity index (χ2n) is 9.58. The first-order chi connectivity index (χ1) is 19.1. The van der Waals surface area contributed by atoms with Gasteiger partial charge >= 0.3 is 0 Å². The zero-order chi connectivity index (χ0) is 28.9. The second kappa shape index (κ2) is 12.4. The van der Waals surface area contributed by atoms with Crippen LogP contribution in [-0.4, -0.2) is 26.3 Å². The van der Waals surface area contributed by atoms with E-state index in [9.17, 15) is 18.0 Å². The van der Waals surface area contributed by atoms with Gasteiger partial charge in [0.15, 0.2) is 0 Å². The molecule has 0 atom stereocenters. The molecule has 0 fully saturated rings. The maximum absolute atomic E-state index is 13.7. The molecule has 2 amide bonds. The molecular weight excluding hydrogens is 546 g/mol. The molecule has 0 aromatic heterocycles. The summed E-state index contributed by atoms with van der Waals surface area (Å²) < 4.78 is 28.8. The van der Waals surface area contributed by atoms with Gasteiger partial charge in [-0.05, 0) is 80.4 Å². The SMILES string of the molecule is Cc1ccc(Cl)cc1N(Cc1ccc(C(=O)Nc2ccccc2C(=O)NC(C)C)cc1)S(=O)(=O)c1ccccc1. The predicted molar refractivity (Wildman–Crippen MR) is 159 cm³/mol. The molecule has 4 rings (SSSR count). The molecule has 0 bridgehead atoms. The van der Waals surface area contributed by atoms with Crippen LogP contribution < -0.4 is 14.9 Å². The topological polar surface area (TPSA) is 95.6 Å². The average molecular weight is 576 g/mol. The number of nitrogens with zero attached hydrogens (tertiary/aromatic N) is 1. The Labute approximate surface area is 239 Å². The highest BCUT2D eigenvalue weighted by atomic mass is 35.5. The lowest BCUT2D eigenvalue weighted by atomic mass is 10.1. The molecule has 0 unspecified atom stereocenters. The van der Waals surface area contributed by atoms with Gasteiger partial charge in [0.1, 0.15) is 0 Å². The second-order valence-corrected chi connectivity index (χ2v) is 11.9. The number of carbonyl (C=O) groups excluding carboxylic acids is 2. The van der Waals surface area contributed by atoms with Crippen LogP contribution in [0.5, 0.6) is 0 Å². The van der Waals surface area contributed by atoms with Crippen molar-refractivity contribution >= 4 is 44.8 Å². The largest absolute Gasteiger partial charge is 0.350 e. The van der Waals surface area contributed by atoms with Gasteiger partial charge < -0.3 is 10.6 Å². The number of benzene rings is 4. The number of aryl methyl sites for hydroxylation is 1. The van der Waals surface area contributed by atoms with Crippen LogP contribution in [0.1, 0.15) is 45.7 Å². The van der Waals surface area contributed by atoms with Gasteiger partial charge in [0, 0.05) is 16.6 Å². The summed E-state index contributed by atoms with van der Waals surface area (Å²) in [5.74, 6) is -0.673. The lowest BCUT2D eigenvalue weighted by Crippen LogP contribution is -2.31. The smallest absolute Gasteiger partial charge is 0.264 e.